The molecular weight excluding hydrogens is 615 g/mol. The fourth-order valence-electron chi connectivity index (χ4n) is 7.03. The van der Waals surface area contributed by atoms with Crippen LogP contribution in [0, 0.1) is 0 Å². The van der Waals surface area contributed by atoms with Crippen molar-refractivity contribution in [3.05, 3.63) is 164 Å². The van der Waals surface area contributed by atoms with Crippen molar-refractivity contribution in [3.8, 4) is 44.5 Å². The molecule has 0 aliphatic heterocycles. The van der Waals surface area contributed by atoms with Gasteiger partial charge < -0.3 is 0 Å². The van der Waals surface area contributed by atoms with Gasteiger partial charge in [-0.05, 0) is 62.0 Å². The van der Waals surface area contributed by atoms with E-state index in [0.29, 0.717) is 5.82 Å². The molecule has 0 atom stereocenters. The number of benzene rings is 8. The minimum absolute atomic E-state index is 0.706. The summed E-state index contributed by atoms with van der Waals surface area (Å²) in [5.41, 5.74) is 7.12. The van der Waals surface area contributed by atoms with Gasteiger partial charge in [-0.15, -0.1) is 11.3 Å². The monoisotopic (exact) mass is 641 g/mol. The van der Waals surface area contributed by atoms with E-state index >= 15 is 0 Å². The zero-order chi connectivity index (χ0) is 32.3. The van der Waals surface area contributed by atoms with Gasteiger partial charge in [-0.1, -0.05) is 140 Å². The van der Waals surface area contributed by atoms with Crippen molar-refractivity contribution in [2.45, 2.75) is 0 Å². The molecule has 0 fully saturated rings. The van der Waals surface area contributed by atoms with Crippen molar-refractivity contribution >= 4 is 64.6 Å². The van der Waals surface area contributed by atoms with E-state index in [0.717, 1.165) is 49.6 Å². The number of nitrogens with zero attached hydrogens (tertiary/aromatic N) is 3. The van der Waals surface area contributed by atoms with Gasteiger partial charge in [-0.3, -0.25) is 0 Å². The molecule has 10 aromatic rings. The van der Waals surface area contributed by atoms with Crippen LogP contribution in [0.2, 0.25) is 0 Å². The second-order valence-electron chi connectivity index (χ2n) is 12.4. The minimum atomic E-state index is 0.706. The van der Waals surface area contributed by atoms with E-state index in [2.05, 4.69) is 158 Å². The topological polar surface area (TPSA) is 38.7 Å². The highest BCUT2D eigenvalue weighted by Gasteiger charge is 2.16. The fraction of sp³-hybridized carbons (Fsp3) is 0. The molecule has 228 valence electrons. The zero-order valence-corrected chi connectivity index (χ0v) is 27.2. The van der Waals surface area contributed by atoms with Crippen LogP contribution >= 0.6 is 11.3 Å². The molecule has 3 nitrogen and oxygen atoms in total. The molecule has 0 aliphatic carbocycles. The highest BCUT2D eigenvalue weighted by atomic mass is 32.1. The Morgan fingerprint density at radius 1 is 0.388 bits per heavy atom. The highest BCUT2D eigenvalue weighted by Crippen LogP contribution is 2.40. The van der Waals surface area contributed by atoms with Gasteiger partial charge in [0.15, 0.2) is 5.82 Å². The van der Waals surface area contributed by atoms with Gasteiger partial charge in [0.2, 0.25) is 0 Å². The first-order valence-electron chi connectivity index (χ1n) is 16.4. The molecule has 0 N–H and O–H groups in total. The lowest BCUT2D eigenvalue weighted by atomic mass is 9.98. The average Bonchev–Trinajstić information content (AvgIpc) is 3.62. The van der Waals surface area contributed by atoms with E-state index in [1.165, 1.54) is 42.4 Å². The maximum absolute atomic E-state index is 5.25. The third-order valence-corrected chi connectivity index (χ3v) is 10.6. The molecule has 2 heterocycles. The van der Waals surface area contributed by atoms with E-state index in [1.807, 2.05) is 6.07 Å². The predicted molar refractivity (Wildman–Crippen MR) is 207 cm³/mol. The Labute approximate surface area is 286 Å². The Kier molecular flexibility index (Phi) is 6.36. The minimum Gasteiger partial charge on any atom is -0.236 e. The van der Waals surface area contributed by atoms with Gasteiger partial charge in [0.05, 0.1) is 21.6 Å². The van der Waals surface area contributed by atoms with Gasteiger partial charge in [0.25, 0.3) is 0 Å². The van der Waals surface area contributed by atoms with E-state index < -0.39 is 0 Å². The number of hydrogen-bond acceptors (Lipinski definition) is 4. The van der Waals surface area contributed by atoms with E-state index in [4.69, 9.17) is 15.0 Å². The SMILES string of the molecule is c1ccc(-c2nc3ccc4ccc5cc(-c6nc(-c7ccc8ccccc8c7)cc(-c7cccc8ccccc78)n6)ccc5c4c3s2)cc1. The number of rotatable bonds is 4. The number of thiazole rings is 1. The Balaban J connectivity index is 1.17. The first kappa shape index (κ1) is 27.8. The Morgan fingerprint density at radius 3 is 2.00 bits per heavy atom. The molecule has 0 bridgehead atoms. The lowest BCUT2D eigenvalue weighted by Crippen LogP contribution is -1.96. The summed E-state index contributed by atoms with van der Waals surface area (Å²) in [7, 11) is 0. The molecule has 0 amide bonds. The largest absolute Gasteiger partial charge is 0.236 e. The number of hydrogen-bond donors (Lipinski definition) is 0. The Morgan fingerprint density at radius 2 is 1.08 bits per heavy atom. The second-order valence-corrected chi connectivity index (χ2v) is 13.4. The standard InChI is InChI=1S/C45H27N3S/c1-2-11-31(12-3-1)45-48-39-24-22-30-18-19-33-26-35(21-23-37(33)42(30)43(39)49-45)44-46-40(34-20-17-28-9-4-5-13-32(28)25-34)27-41(47-44)38-16-8-14-29-10-6-7-15-36(29)38/h1-27H. The molecule has 0 aliphatic rings. The molecular formula is C45H27N3S. The van der Waals surface area contributed by atoms with Crippen molar-refractivity contribution in [1.29, 1.82) is 0 Å². The summed E-state index contributed by atoms with van der Waals surface area (Å²) in [6.07, 6.45) is 0. The van der Waals surface area contributed by atoms with Crippen LogP contribution in [0.3, 0.4) is 0 Å². The van der Waals surface area contributed by atoms with E-state index in [1.54, 1.807) is 11.3 Å². The van der Waals surface area contributed by atoms with Gasteiger partial charge in [0, 0.05) is 27.6 Å². The molecule has 49 heavy (non-hydrogen) atoms. The number of fused-ring (bicyclic) bond motifs is 7. The number of aromatic nitrogens is 3. The van der Waals surface area contributed by atoms with E-state index in [-0.39, 0.29) is 0 Å². The summed E-state index contributed by atoms with van der Waals surface area (Å²) < 4.78 is 1.21. The van der Waals surface area contributed by atoms with Crippen LogP contribution in [0.25, 0.3) is 97.8 Å². The van der Waals surface area contributed by atoms with Crippen molar-refractivity contribution in [2.24, 2.45) is 0 Å². The normalized spacial score (nSPS) is 11.7. The maximum atomic E-state index is 5.25. The average molecular weight is 642 g/mol. The van der Waals surface area contributed by atoms with Crippen molar-refractivity contribution in [2.75, 3.05) is 0 Å². The predicted octanol–water partition coefficient (Wildman–Crippen LogP) is 12.4. The lowest BCUT2D eigenvalue weighted by Gasteiger charge is -2.12. The Bertz CT molecular complexity index is 2890. The van der Waals surface area contributed by atoms with Gasteiger partial charge >= 0.3 is 0 Å². The van der Waals surface area contributed by atoms with Crippen molar-refractivity contribution in [1.82, 2.24) is 15.0 Å². The molecule has 0 unspecified atom stereocenters. The molecule has 2 aromatic heterocycles. The molecule has 8 aromatic carbocycles. The third kappa shape index (κ3) is 4.76. The molecule has 0 radical (unpaired) electrons. The van der Waals surface area contributed by atoms with Crippen LogP contribution in [0.4, 0.5) is 0 Å². The summed E-state index contributed by atoms with van der Waals surface area (Å²) in [6, 6.07) is 57.9. The maximum Gasteiger partial charge on any atom is 0.160 e. The fourth-order valence-corrected chi connectivity index (χ4v) is 8.17. The summed E-state index contributed by atoms with van der Waals surface area (Å²) in [4.78, 5) is 15.5. The summed E-state index contributed by atoms with van der Waals surface area (Å²) in [5, 5.41) is 10.6. The van der Waals surface area contributed by atoms with Gasteiger partial charge in [0.1, 0.15) is 5.01 Å². The molecule has 4 heteroatoms. The first-order chi connectivity index (χ1) is 24.2. The van der Waals surface area contributed by atoms with Crippen LogP contribution in [0.5, 0.6) is 0 Å². The highest BCUT2D eigenvalue weighted by molar-refractivity contribution is 7.22. The molecule has 0 spiro atoms. The van der Waals surface area contributed by atoms with Crippen LogP contribution in [0.15, 0.2) is 164 Å². The molecule has 0 saturated carbocycles. The van der Waals surface area contributed by atoms with Crippen LogP contribution in [0.1, 0.15) is 0 Å². The smallest absolute Gasteiger partial charge is 0.160 e. The Hall–Kier alpha value is -6.23. The summed E-state index contributed by atoms with van der Waals surface area (Å²) in [5.74, 6) is 0.706. The molecule has 10 rings (SSSR count). The second kappa shape index (κ2) is 11.2. The summed E-state index contributed by atoms with van der Waals surface area (Å²) >= 11 is 1.76. The van der Waals surface area contributed by atoms with Gasteiger partial charge in [-0.2, -0.15) is 0 Å². The molecule has 0 saturated heterocycles. The first-order valence-corrected chi connectivity index (χ1v) is 17.3. The summed E-state index contributed by atoms with van der Waals surface area (Å²) in [6.45, 7) is 0. The van der Waals surface area contributed by atoms with Crippen molar-refractivity contribution in [3.63, 3.8) is 0 Å². The van der Waals surface area contributed by atoms with Crippen LogP contribution in [-0.4, -0.2) is 15.0 Å². The van der Waals surface area contributed by atoms with Crippen molar-refractivity contribution < 1.29 is 0 Å². The third-order valence-electron chi connectivity index (χ3n) is 9.47. The lowest BCUT2D eigenvalue weighted by molar-refractivity contribution is 1.19. The van der Waals surface area contributed by atoms with E-state index in [9.17, 15) is 0 Å². The van der Waals surface area contributed by atoms with Gasteiger partial charge in [-0.25, -0.2) is 15.0 Å². The zero-order valence-electron chi connectivity index (χ0n) is 26.3. The quantitative estimate of drug-likeness (QED) is 0.180. The van der Waals surface area contributed by atoms with Crippen LogP contribution < -0.4 is 0 Å². The van der Waals surface area contributed by atoms with Crippen LogP contribution in [-0.2, 0) is 0 Å².